The van der Waals surface area contributed by atoms with E-state index in [1.807, 2.05) is 0 Å². The van der Waals surface area contributed by atoms with Crippen LogP contribution in [0.2, 0.25) is 0 Å². The van der Waals surface area contributed by atoms with Crippen LogP contribution >= 0.6 is 12.2 Å². The molecule has 1 aromatic rings. The van der Waals surface area contributed by atoms with E-state index in [1.165, 1.54) is 6.92 Å². The zero-order valence-electron chi connectivity index (χ0n) is 9.52. The molecule has 2 heterocycles. The molecule has 3 atom stereocenters. The lowest BCUT2D eigenvalue weighted by molar-refractivity contribution is -0.0605. The van der Waals surface area contributed by atoms with Crippen LogP contribution in [0.4, 0.5) is 8.78 Å². The van der Waals surface area contributed by atoms with Crippen molar-refractivity contribution < 1.29 is 18.6 Å². The summed E-state index contributed by atoms with van der Waals surface area (Å²) in [5.41, 5.74) is -2.77. The molecule has 2 rings (SSSR count). The Morgan fingerprint density at radius 2 is 2.44 bits per heavy atom. The molecule has 5 nitrogen and oxygen atoms in total. The Morgan fingerprint density at radius 3 is 3.00 bits per heavy atom. The molecule has 1 aliphatic heterocycles. The van der Waals surface area contributed by atoms with E-state index in [1.54, 1.807) is 0 Å². The van der Waals surface area contributed by atoms with Crippen LogP contribution in [0.25, 0.3) is 0 Å². The van der Waals surface area contributed by atoms with Crippen LogP contribution < -0.4 is 5.56 Å². The van der Waals surface area contributed by atoms with Crippen LogP contribution in [0.5, 0.6) is 0 Å². The first-order chi connectivity index (χ1) is 8.35. The maximum atomic E-state index is 14.3. The van der Waals surface area contributed by atoms with Gasteiger partial charge in [0.05, 0.1) is 18.9 Å². The van der Waals surface area contributed by atoms with E-state index in [4.69, 9.17) is 22.1 Å². The molecule has 1 saturated heterocycles. The van der Waals surface area contributed by atoms with E-state index in [0.717, 1.165) is 10.8 Å². The van der Waals surface area contributed by atoms with E-state index in [2.05, 4.69) is 4.98 Å². The summed E-state index contributed by atoms with van der Waals surface area (Å²) >= 11 is 4.84. The summed E-state index contributed by atoms with van der Waals surface area (Å²) in [5, 5.41) is 8.97. The normalized spacial score (nSPS) is 31.8. The molecule has 0 aromatic carbocycles. The highest BCUT2D eigenvalue weighted by molar-refractivity contribution is 7.71. The van der Waals surface area contributed by atoms with Gasteiger partial charge in [-0.15, -0.1) is 0 Å². The number of ether oxygens (including phenoxy) is 1. The molecular weight excluding hydrogens is 266 g/mol. The number of nitrogens with zero attached hydrogens (tertiary/aromatic N) is 1. The zero-order chi connectivity index (χ0) is 13.5. The molecule has 1 fully saturated rings. The molecule has 0 aliphatic carbocycles. The molecule has 1 aliphatic rings. The summed E-state index contributed by atoms with van der Waals surface area (Å²) in [5.74, 6) is -1.07. The second-order valence-electron chi connectivity index (χ2n) is 4.42. The van der Waals surface area contributed by atoms with Gasteiger partial charge < -0.3 is 9.84 Å². The summed E-state index contributed by atoms with van der Waals surface area (Å²) in [7, 11) is 0. The fourth-order valence-corrected chi connectivity index (χ4v) is 2.26. The molecule has 0 bridgehead atoms. The van der Waals surface area contributed by atoms with Crippen LogP contribution in [-0.2, 0) is 4.74 Å². The van der Waals surface area contributed by atoms with Gasteiger partial charge in [-0.1, -0.05) is 0 Å². The smallest absolute Gasteiger partial charge is 0.287 e. The van der Waals surface area contributed by atoms with Crippen LogP contribution in [0.3, 0.4) is 0 Å². The Morgan fingerprint density at radius 1 is 1.78 bits per heavy atom. The standard InChI is InChI=1S/C10H12F2N2O3S/c1-10(12)2-5(4-15)17-8(10)14-3-6(11)7(16)13-9(14)18/h3,5,8,15H,2,4H2,1H3,(H,13,16,18)/t5-,8+,10?/m0/s1. The monoisotopic (exact) mass is 278 g/mol. The highest BCUT2D eigenvalue weighted by Crippen LogP contribution is 2.40. The fourth-order valence-electron chi connectivity index (χ4n) is 2.02. The van der Waals surface area contributed by atoms with Gasteiger partial charge in [-0.05, 0) is 19.1 Å². The van der Waals surface area contributed by atoms with Crippen LogP contribution in [0.1, 0.15) is 19.6 Å². The van der Waals surface area contributed by atoms with Gasteiger partial charge in [0.1, 0.15) is 0 Å². The number of H-pyrrole nitrogens is 1. The summed E-state index contributed by atoms with van der Waals surface area (Å²) < 4.78 is 33.7. The van der Waals surface area contributed by atoms with E-state index < -0.39 is 29.4 Å². The topological polar surface area (TPSA) is 67.2 Å². The third-order valence-electron chi connectivity index (χ3n) is 2.84. The zero-order valence-corrected chi connectivity index (χ0v) is 10.3. The maximum absolute atomic E-state index is 14.3. The van der Waals surface area contributed by atoms with Crippen molar-refractivity contribution in [2.75, 3.05) is 6.61 Å². The molecule has 1 aromatic heterocycles. The van der Waals surface area contributed by atoms with Gasteiger partial charge in [0, 0.05) is 6.42 Å². The molecule has 1 unspecified atom stereocenters. The second-order valence-corrected chi connectivity index (χ2v) is 4.81. The van der Waals surface area contributed by atoms with E-state index in [9.17, 15) is 13.6 Å². The van der Waals surface area contributed by atoms with Crippen molar-refractivity contribution in [3.63, 3.8) is 0 Å². The summed E-state index contributed by atoms with van der Waals surface area (Å²) in [6.45, 7) is 0.938. The minimum Gasteiger partial charge on any atom is -0.394 e. The van der Waals surface area contributed by atoms with Gasteiger partial charge >= 0.3 is 0 Å². The molecule has 100 valence electrons. The lowest BCUT2D eigenvalue weighted by Gasteiger charge is -2.23. The Hall–Kier alpha value is -1.12. The van der Waals surface area contributed by atoms with Crippen molar-refractivity contribution in [1.29, 1.82) is 0 Å². The van der Waals surface area contributed by atoms with Crippen molar-refractivity contribution in [2.24, 2.45) is 0 Å². The minimum absolute atomic E-state index is 0.0311. The van der Waals surface area contributed by atoms with Crippen molar-refractivity contribution in [3.05, 3.63) is 27.1 Å². The van der Waals surface area contributed by atoms with Crippen LogP contribution in [-0.4, -0.2) is 33.0 Å². The summed E-state index contributed by atoms with van der Waals surface area (Å²) in [4.78, 5) is 13.1. The maximum Gasteiger partial charge on any atom is 0.287 e. The number of hydrogen-bond donors (Lipinski definition) is 2. The van der Waals surface area contributed by atoms with E-state index in [-0.39, 0.29) is 17.8 Å². The number of aliphatic hydroxyl groups is 1. The predicted molar refractivity (Wildman–Crippen MR) is 61.0 cm³/mol. The third kappa shape index (κ3) is 2.23. The SMILES string of the molecule is CC1(F)C[C@@H](CO)O[C@H]1n1cc(F)c(=O)[nH]c1=S. The average Bonchev–Trinajstić information content (AvgIpc) is 2.59. The van der Waals surface area contributed by atoms with Gasteiger partial charge in [-0.25, -0.2) is 4.39 Å². The number of aliphatic hydroxyl groups excluding tert-OH is 1. The number of hydrogen-bond acceptors (Lipinski definition) is 4. The number of rotatable bonds is 2. The number of aromatic amines is 1. The Kier molecular flexibility index (Phi) is 3.35. The van der Waals surface area contributed by atoms with Gasteiger partial charge in [0.25, 0.3) is 5.56 Å². The number of aromatic nitrogens is 2. The highest BCUT2D eigenvalue weighted by Gasteiger charge is 2.46. The fraction of sp³-hybridized carbons (Fsp3) is 0.600. The number of alkyl halides is 1. The molecule has 2 N–H and O–H groups in total. The molecule has 18 heavy (non-hydrogen) atoms. The van der Waals surface area contributed by atoms with Crippen LogP contribution in [0.15, 0.2) is 11.0 Å². The first kappa shape index (κ1) is 13.3. The first-order valence-corrected chi connectivity index (χ1v) is 5.72. The third-order valence-corrected chi connectivity index (χ3v) is 3.16. The van der Waals surface area contributed by atoms with Gasteiger partial charge in [0.15, 0.2) is 16.7 Å². The van der Waals surface area contributed by atoms with Gasteiger partial charge in [-0.2, -0.15) is 4.39 Å². The van der Waals surface area contributed by atoms with Crippen LogP contribution in [0, 0.1) is 10.6 Å². The lowest BCUT2D eigenvalue weighted by atomic mass is 10.0. The molecule has 0 saturated carbocycles. The van der Waals surface area contributed by atoms with Gasteiger partial charge in [0.2, 0.25) is 5.82 Å². The minimum atomic E-state index is -1.81. The van der Waals surface area contributed by atoms with Crippen molar-refractivity contribution >= 4 is 12.2 Å². The van der Waals surface area contributed by atoms with E-state index >= 15 is 0 Å². The van der Waals surface area contributed by atoms with Crippen molar-refractivity contribution in [1.82, 2.24) is 9.55 Å². The van der Waals surface area contributed by atoms with Crippen molar-refractivity contribution in [2.45, 2.75) is 31.3 Å². The Labute approximate surface area is 106 Å². The molecule has 0 radical (unpaired) electrons. The Bertz CT molecular complexity index is 569. The Balaban J connectivity index is 2.46. The number of halogens is 2. The second kappa shape index (κ2) is 4.52. The average molecular weight is 278 g/mol. The quantitative estimate of drug-likeness (QED) is 0.794. The summed E-state index contributed by atoms with van der Waals surface area (Å²) in [6, 6.07) is 0. The molecule has 0 amide bonds. The van der Waals surface area contributed by atoms with Crippen molar-refractivity contribution in [3.8, 4) is 0 Å². The molecule has 8 heteroatoms. The van der Waals surface area contributed by atoms with E-state index in [0.29, 0.717) is 0 Å². The lowest BCUT2D eigenvalue weighted by Crippen LogP contribution is -2.30. The van der Waals surface area contributed by atoms with Gasteiger partial charge in [-0.3, -0.25) is 14.3 Å². The first-order valence-electron chi connectivity index (χ1n) is 5.31. The largest absolute Gasteiger partial charge is 0.394 e. The number of nitrogens with one attached hydrogen (secondary N) is 1. The summed E-state index contributed by atoms with van der Waals surface area (Å²) in [6.07, 6.45) is -1.07. The molecule has 0 spiro atoms. The predicted octanol–water partition coefficient (Wildman–Crippen LogP) is 1.05. The molecular formula is C10H12F2N2O3S. The highest BCUT2D eigenvalue weighted by atomic mass is 32.1.